The van der Waals surface area contributed by atoms with Crippen molar-refractivity contribution in [3.63, 3.8) is 0 Å². The van der Waals surface area contributed by atoms with Crippen molar-refractivity contribution >= 4 is 64.2 Å². The average molecular weight is 744 g/mol. The number of ether oxygens (including phenoxy) is 3. The minimum absolute atomic E-state index is 0.541. The van der Waals surface area contributed by atoms with Crippen LogP contribution in [0.1, 0.15) is 61.0 Å². The lowest BCUT2D eigenvalue weighted by Gasteiger charge is -2.35. The van der Waals surface area contributed by atoms with E-state index in [4.69, 9.17) is 14.2 Å². The van der Waals surface area contributed by atoms with Crippen LogP contribution in [0.15, 0.2) is 137 Å². The molecule has 0 fully saturated rings. The van der Waals surface area contributed by atoms with E-state index >= 15 is 0 Å². The summed E-state index contributed by atoms with van der Waals surface area (Å²) in [6.45, 7) is 14.6. The molecule has 5 aromatic carbocycles. The van der Waals surface area contributed by atoms with Crippen LogP contribution in [0.2, 0.25) is 0 Å². The van der Waals surface area contributed by atoms with Crippen molar-refractivity contribution in [3.8, 4) is 0 Å². The number of benzene rings is 5. The van der Waals surface area contributed by atoms with E-state index < -0.39 is 35.1 Å². The van der Waals surface area contributed by atoms with Crippen LogP contribution in [0.25, 0.3) is 0 Å². The summed E-state index contributed by atoms with van der Waals surface area (Å²) in [6, 6.07) is 39.0. The Morgan fingerprint density at radius 2 is 0.889 bits per heavy atom. The Hall–Kier alpha value is -5.74. The zero-order valence-corrected chi connectivity index (χ0v) is 32.6. The summed E-state index contributed by atoms with van der Waals surface area (Å²) in [5, 5.41) is 0. The van der Waals surface area contributed by atoms with Crippen LogP contribution >= 0.6 is 11.8 Å². The molecule has 0 aliphatic carbocycles. The average Bonchev–Trinajstić information content (AvgIpc) is 3.10. The predicted octanol–water partition coefficient (Wildman–Crippen LogP) is 12.5. The molecule has 0 aromatic heterocycles. The van der Waals surface area contributed by atoms with Gasteiger partial charge in [-0.25, -0.2) is 29.1 Å². The molecule has 0 saturated carbocycles. The molecule has 1 aliphatic heterocycles. The minimum Gasteiger partial charge on any atom is -0.443 e. The normalized spacial score (nSPS) is 12.6. The summed E-state index contributed by atoms with van der Waals surface area (Å²) in [5.74, 6) is 0. The fraction of sp³-hybridized carbons (Fsp3) is 0.250. The molecule has 1 heterocycles. The molecule has 9 nitrogen and oxygen atoms in total. The van der Waals surface area contributed by atoms with Gasteiger partial charge in [-0.05, 0) is 122 Å². The van der Waals surface area contributed by atoms with Gasteiger partial charge in [0.05, 0.1) is 34.1 Å². The van der Waals surface area contributed by atoms with Gasteiger partial charge in [0.2, 0.25) is 0 Å². The van der Waals surface area contributed by atoms with Gasteiger partial charge in [0.25, 0.3) is 0 Å². The van der Waals surface area contributed by atoms with Gasteiger partial charge in [-0.2, -0.15) is 0 Å². The fourth-order valence-electron chi connectivity index (χ4n) is 5.91. The van der Waals surface area contributed by atoms with Crippen molar-refractivity contribution in [2.24, 2.45) is 0 Å². The summed E-state index contributed by atoms with van der Waals surface area (Å²) in [7, 11) is 0. The SMILES string of the molecule is CC(C)(C)OC(=O)N(c1ccccc1)c1ccc2c(c1)Sc1cc(N(C(=O)OC(C)(C)C)c3ccccc3)ccc1N2C(=O)OC(C)(C)c1ccccc1. The van der Waals surface area contributed by atoms with Gasteiger partial charge < -0.3 is 14.2 Å². The van der Waals surface area contributed by atoms with Crippen LogP contribution in [0.5, 0.6) is 0 Å². The second kappa shape index (κ2) is 14.9. The van der Waals surface area contributed by atoms with E-state index in [9.17, 15) is 14.4 Å². The van der Waals surface area contributed by atoms with Gasteiger partial charge in [0.15, 0.2) is 0 Å². The molecule has 0 bridgehead atoms. The lowest BCUT2D eigenvalue weighted by Crippen LogP contribution is -2.36. The molecule has 10 heteroatoms. The predicted molar refractivity (Wildman–Crippen MR) is 215 cm³/mol. The third-order valence-electron chi connectivity index (χ3n) is 8.28. The van der Waals surface area contributed by atoms with Gasteiger partial charge >= 0.3 is 18.3 Å². The second-order valence-electron chi connectivity index (χ2n) is 15.3. The molecule has 0 radical (unpaired) electrons. The number of rotatable bonds is 6. The lowest BCUT2D eigenvalue weighted by atomic mass is 9.98. The Morgan fingerprint density at radius 3 is 1.28 bits per heavy atom. The molecular formula is C44H45N3O6S. The van der Waals surface area contributed by atoms with Gasteiger partial charge in [-0.1, -0.05) is 78.5 Å². The third kappa shape index (κ3) is 8.55. The van der Waals surface area contributed by atoms with Crippen LogP contribution < -0.4 is 14.7 Å². The van der Waals surface area contributed by atoms with Crippen LogP contribution in [0, 0.1) is 0 Å². The molecule has 54 heavy (non-hydrogen) atoms. The van der Waals surface area contributed by atoms with Crippen molar-refractivity contribution in [2.45, 2.75) is 82.0 Å². The van der Waals surface area contributed by atoms with Gasteiger partial charge in [0.1, 0.15) is 16.8 Å². The molecule has 5 aromatic rings. The van der Waals surface area contributed by atoms with E-state index in [0.717, 1.165) is 5.56 Å². The number of hydrogen-bond acceptors (Lipinski definition) is 7. The Morgan fingerprint density at radius 1 is 0.500 bits per heavy atom. The van der Waals surface area contributed by atoms with E-state index in [2.05, 4.69) is 0 Å². The van der Waals surface area contributed by atoms with E-state index in [0.29, 0.717) is 43.9 Å². The number of carbonyl (C=O) groups excluding carboxylic acids is 3. The number of hydrogen-bond donors (Lipinski definition) is 0. The molecule has 0 N–H and O–H groups in total. The molecule has 6 rings (SSSR count). The minimum atomic E-state index is -0.967. The fourth-order valence-corrected chi connectivity index (χ4v) is 7.04. The van der Waals surface area contributed by atoms with Crippen molar-refractivity contribution in [1.29, 1.82) is 0 Å². The summed E-state index contributed by atoms with van der Waals surface area (Å²) < 4.78 is 18.0. The first-order valence-corrected chi connectivity index (χ1v) is 18.5. The quantitative estimate of drug-likeness (QED) is 0.160. The van der Waals surface area contributed by atoms with E-state index in [-0.39, 0.29) is 0 Å². The van der Waals surface area contributed by atoms with Crippen LogP contribution in [0.4, 0.5) is 48.5 Å². The number of para-hydroxylation sites is 2. The molecule has 278 valence electrons. The van der Waals surface area contributed by atoms with E-state index in [1.165, 1.54) is 21.6 Å². The second-order valence-corrected chi connectivity index (χ2v) is 16.4. The Labute approximate surface area is 321 Å². The maximum atomic E-state index is 14.4. The highest BCUT2D eigenvalue weighted by Crippen LogP contribution is 2.52. The van der Waals surface area contributed by atoms with E-state index in [1.54, 1.807) is 17.0 Å². The monoisotopic (exact) mass is 743 g/mol. The maximum Gasteiger partial charge on any atom is 0.419 e. The Balaban J connectivity index is 1.48. The molecule has 0 unspecified atom stereocenters. The molecule has 0 spiro atoms. The third-order valence-corrected chi connectivity index (χ3v) is 9.37. The first-order valence-electron chi connectivity index (χ1n) is 17.7. The largest absolute Gasteiger partial charge is 0.443 e. The topological polar surface area (TPSA) is 88.6 Å². The Kier molecular flexibility index (Phi) is 10.5. The zero-order chi connectivity index (χ0) is 38.8. The number of carbonyl (C=O) groups is 3. The van der Waals surface area contributed by atoms with Gasteiger partial charge in [0, 0.05) is 9.79 Å². The van der Waals surface area contributed by atoms with Crippen LogP contribution in [-0.2, 0) is 19.8 Å². The highest BCUT2D eigenvalue weighted by atomic mass is 32.2. The number of amides is 3. The van der Waals surface area contributed by atoms with Crippen molar-refractivity contribution in [3.05, 3.63) is 133 Å². The molecule has 3 amide bonds. The summed E-state index contributed by atoms with van der Waals surface area (Å²) in [6.07, 6.45) is -1.69. The van der Waals surface area contributed by atoms with E-state index in [1.807, 2.05) is 171 Å². The maximum absolute atomic E-state index is 14.4. The van der Waals surface area contributed by atoms with Crippen molar-refractivity contribution in [2.75, 3.05) is 14.7 Å². The van der Waals surface area contributed by atoms with Crippen LogP contribution in [-0.4, -0.2) is 29.5 Å². The van der Waals surface area contributed by atoms with Crippen LogP contribution in [0.3, 0.4) is 0 Å². The number of nitrogens with zero attached hydrogens (tertiary/aromatic N) is 3. The van der Waals surface area contributed by atoms with Crippen molar-refractivity contribution in [1.82, 2.24) is 0 Å². The summed E-state index contributed by atoms with van der Waals surface area (Å²) in [4.78, 5) is 47.9. The first kappa shape index (κ1) is 38.0. The standard InChI is InChI=1S/C44H45N3O6S/c1-42(2,3)51-39(48)45(31-20-14-10-15-21-31)33-24-26-35-37(28-33)54-38-29-34(46(32-22-16-11-17-23-32)40(49)52-43(4,5)6)25-27-36(38)47(35)41(50)53-44(7,8)30-18-12-9-13-19-30/h9-29H,1-8H3. The summed E-state index contributed by atoms with van der Waals surface area (Å²) >= 11 is 1.41. The van der Waals surface area contributed by atoms with Crippen molar-refractivity contribution < 1.29 is 28.6 Å². The van der Waals surface area contributed by atoms with Gasteiger partial charge in [-0.15, -0.1) is 0 Å². The Bertz CT molecular complexity index is 2020. The number of anilines is 6. The summed E-state index contributed by atoms with van der Waals surface area (Å²) in [5.41, 5.74) is 1.84. The van der Waals surface area contributed by atoms with Gasteiger partial charge in [-0.3, -0.25) is 0 Å². The zero-order valence-electron chi connectivity index (χ0n) is 31.8. The molecule has 1 aliphatic rings. The first-order chi connectivity index (χ1) is 25.5. The molecule has 0 atom stereocenters. The molecular weight excluding hydrogens is 699 g/mol. The smallest absolute Gasteiger partial charge is 0.419 e. The lowest BCUT2D eigenvalue weighted by molar-refractivity contribution is 0.0429. The molecule has 0 saturated heterocycles. The number of fused-ring (bicyclic) bond motifs is 2. The highest BCUT2D eigenvalue weighted by Gasteiger charge is 2.36. The highest BCUT2D eigenvalue weighted by molar-refractivity contribution is 7.99.